The van der Waals surface area contributed by atoms with E-state index in [0.29, 0.717) is 6.54 Å². The van der Waals surface area contributed by atoms with Gasteiger partial charge >= 0.3 is 0 Å². The lowest BCUT2D eigenvalue weighted by atomic mass is 10.2. The average molecular weight is 210 g/mol. The van der Waals surface area contributed by atoms with Crippen LogP contribution in [0.15, 0.2) is 12.5 Å². The number of carbonyl (C=O) groups excluding carboxylic acids is 1. The third kappa shape index (κ3) is 2.79. The van der Waals surface area contributed by atoms with Gasteiger partial charge in [-0.05, 0) is 6.42 Å². The van der Waals surface area contributed by atoms with E-state index >= 15 is 0 Å². The molecule has 1 aromatic heterocycles. The Kier molecular flexibility index (Phi) is 3.85. The van der Waals surface area contributed by atoms with Gasteiger partial charge in [0.15, 0.2) is 0 Å². The molecule has 0 aliphatic rings. The third-order valence-corrected chi connectivity index (χ3v) is 2.37. The van der Waals surface area contributed by atoms with Crippen molar-refractivity contribution in [3.05, 3.63) is 18.2 Å². The van der Waals surface area contributed by atoms with Crippen molar-refractivity contribution in [2.24, 2.45) is 5.73 Å². The van der Waals surface area contributed by atoms with E-state index in [2.05, 4.69) is 4.98 Å². The number of hydrogen-bond donors (Lipinski definition) is 1. The lowest BCUT2D eigenvalue weighted by Gasteiger charge is -2.15. The standard InChI is InChI=1S/C10H18N4O/c1-4-8(11)9-5-12-7-14(9)6-10(15)13(2)3/h5,7-8H,4,6,11H2,1-3H3/t8-/m1/s1. The van der Waals surface area contributed by atoms with E-state index < -0.39 is 0 Å². The fourth-order valence-electron chi connectivity index (χ4n) is 1.27. The van der Waals surface area contributed by atoms with Crippen LogP contribution < -0.4 is 5.73 Å². The maximum absolute atomic E-state index is 11.5. The molecule has 5 heteroatoms. The molecule has 0 aromatic carbocycles. The predicted octanol–water partition coefficient (Wildman–Crippen LogP) is 0.381. The lowest BCUT2D eigenvalue weighted by molar-refractivity contribution is -0.129. The smallest absolute Gasteiger partial charge is 0.242 e. The van der Waals surface area contributed by atoms with Crippen LogP contribution in [-0.2, 0) is 11.3 Å². The van der Waals surface area contributed by atoms with Crippen LogP contribution in [0.25, 0.3) is 0 Å². The van der Waals surface area contributed by atoms with E-state index in [-0.39, 0.29) is 11.9 Å². The predicted molar refractivity (Wildman–Crippen MR) is 58.1 cm³/mol. The highest BCUT2D eigenvalue weighted by Gasteiger charge is 2.12. The van der Waals surface area contributed by atoms with Crippen LogP contribution in [-0.4, -0.2) is 34.5 Å². The molecule has 5 nitrogen and oxygen atoms in total. The van der Waals surface area contributed by atoms with E-state index in [1.54, 1.807) is 36.1 Å². The van der Waals surface area contributed by atoms with Crippen LogP contribution in [0, 0.1) is 0 Å². The molecule has 2 N–H and O–H groups in total. The molecule has 0 saturated carbocycles. The molecule has 0 radical (unpaired) electrons. The van der Waals surface area contributed by atoms with E-state index in [0.717, 1.165) is 12.1 Å². The monoisotopic (exact) mass is 210 g/mol. The summed E-state index contributed by atoms with van der Waals surface area (Å²) in [5.41, 5.74) is 6.82. The molecule has 0 bridgehead atoms. The fraction of sp³-hybridized carbons (Fsp3) is 0.600. The van der Waals surface area contributed by atoms with Crippen molar-refractivity contribution in [1.29, 1.82) is 0 Å². The Hall–Kier alpha value is -1.36. The minimum atomic E-state index is -0.0533. The van der Waals surface area contributed by atoms with Crippen molar-refractivity contribution in [2.45, 2.75) is 25.9 Å². The highest BCUT2D eigenvalue weighted by molar-refractivity contribution is 5.75. The van der Waals surface area contributed by atoms with Crippen LogP contribution in [0.3, 0.4) is 0 Å². The number of carbonyl (C=O) groups is 1. The molecule has 0 spiro atoms. The Bertz CT molecular complexity index is 332. The average Bonchev–Trinajstić information content (AvgIpc) is 2.64. The minimum Gasteiger partial charge on any atom is -0.347 e. The topological polar surface area (TPSA) is 64.1 Å². The van der Waals surface area contributed by atoms with Gasteiger partial charge in [0.05, 0.1) is 12.0 Å². The van der Waals surface area contributed by atoms with Gasteiger partial charge in [0.1, 0.15) is 6.54 Å². The van der Waals surface area contributed by atoms with Gasteiger partial charge in [-0.25, -0.2) is 4.98 Å². The van der Waals surface area contributed by atoms with Gasteiger partial charge in [0.2, 0.25) is 5.91 Å². The highest BCUT2D eigenvalue weighted by atomic mass is 16.2. The molecule has 1 heterocycles. The van der Waals surface area contributed by atoms with Crippen molar-refractivity contribution in [2.75, 3.05) is 14.1 Å². The van der Waals surface area contributed by atoms with Crippen LogP contribution in [0.1, 0.15) is 25.1 Å². The molecule has 0 aliphatic carbocycles. The molecule has 1 rings (SSSR count). The van der Waals surface area contributed by atoms with Crippen molar-refractivity contribution in [3.8, 4) is 0 Å². The summed E-state index contributed by atoms with van der Waals surface area (Å²) in [7, 11) is 3.47. The summed E-state index contributed by atoms with van der Waals surface area (Å²) in [5.74, 6) is 0.0394. The van der Waals surface area contributed by atoms with Gasteiger partial charge in [-0.3, -0.25) is 4.79 Å². The normalized spacial score (nSPS) is 12.5. The number of rotatable bonds is 4. The molecule has 0 unspecified atom stereocenters. The quantitative estimate of drug-likeness (QED) is 0.781. The summed E-state index contributed by atoms with van der Waals surface area (Å²) in [6.45, 7) is 2.31. The Labute approximate surface area is 89.9 Å². The van der Waals surface area contributed by atoms with Crippen molar-refractivity contribution in [1.82, 2.24) is 14.5 Å². The number of amides is 1. The summed E-state index contributed by atoms with van der Waals surface area (Å²) in [6.07, 6.45) is 4.20. The van der Waals surface area contributed by atoms with Crippen molar-refractivity contribution in [3.63, 3.8) is 0 Å². The minimum absolute atomic E-state index is 0.0394. The molecule has 15 heavy (non-hydrogen) atoms. The maximum Gasteiger partial charge on any atom is 0.242 e. The van der Waals surface area contributed by atoms with Crippen LogP contribution in [0.2, 0.25) is 0 Å². The van der Waals surface area contributed by atoms with Gasteiger partial charge in [0.25, 0.3) is 0 Å². The second kappa shape index (κ2) is 4.93. The first kappa shape index (κ1) is 11.7. The van der Waals surface area contributed by atoms with E-state index in [1.165, 1.54) is 0 Å². The van der Waals surface area contributed by atoms with Gasteiger partial charge in [-0.2, -0.15) is 0 Å². The second-order valence-electron chi connectivity index (χ2n) is 3.75. The Morgan fingerprint density at radius 2 is 2.33 bits per heavy atom. The first-order valence-corrected chi connectivity index (χ1v) is 5.02. The maximum atomic E-state index is 11.5. The van der Waals surface area contributed by atoms with E-state index in [9.17, 15) is 4.79 Å². The van der Waals surface area contributed by atoms with Gasteiger partial charge in [-0.1, -0.05) is 6.92 Å². The third-order valence-electron chi connectivity index (χ3n) is 2.37. The largest absolute Gasteiger partial charge is 0.347 e. The second-order valence-corrected chi connectivity index (χ2v) is 3.75. The first-order valence-electron chi connectivity index (χ1n) is 5.02. The molecule has 0 fully saturated rings. The molecule has 1 aromatic rings. The van der Waals surface area contributed by atoms with E-state index in [1.807, 2.05) is 6.92 Å². The van der Waals surface area contributed by atoms with Gasteiger partial charge in [0, 0.05) is 26.3 Å². The summed E-state index contributed by atoms with van der Waals surface area (Å²) < 4.78 is 1.80. The number of nitrogens with two attached hydrogens (primary N) is 1. The lowest BCUT2D eigenvalue weighted by Crippen LogP contribution is -2.27. The molecule has 0 aliphatic heterocycles. The summed E-state index contributed by atoms with van der Waals surface area (Å²) in [4.78, 5) is 17.1. The van der Waals surface area contributed by atoms with Crippen LogP contribution in [0.4, 0.5) is 0 Å². The SMILES string of the molecule is CC[C@@H](N)c1cncn1CC(=O)N(C)C. The van der Waals surface area contributed by atoms with Gasteiger partial charge < -0.3 is 15.2 Å². The molecule has 1 amide bonds. The Morgan fingerprint density at radius 1 is 1.67 bits per heavy atom. The number of hydrogen-bond acceptors (Lipinski definition) is 3. The number of likely N-dealkylation sites (N-methyl/N-ethyl adjacent to an activating group) is 1. The summed E-state index contributed by atoms with van der Waals surface area (Å²) in [6, 6.07) is -0.0533. The molecular formula is C10H18N4O. The number of imidazole rings is 1. The first-order chi connectivity index (χ1) is 7.06. The zero-order chi connectivity index (χ0) is 11.4. The molecule has 1 atom stereocenters. The Balaban J connectivity index is 2.77. The fourth-order valence-corrected chi connectivity index (χ4v) is 1.27. The molecular weight excluding hydrogens is 192 g/mol. The van der Waals surface area contributed by atoms with Crippen LogP contribution in [0.5, 0.6) is 0 Å². The molecule has 84 valence electrons. The van der Waals surface area contributed by atoms with Crippen LogP contribution >= 0.6 is 0 Å². The zero-order valence-electron chi connectivity index (χ0n) is 9.47. The van der Waals surface area contributed by atoms with E-state index in [4.69, 9.17) is 5.73 Å². The highest BCUT2D eigenvalue weighted by Crippen LogP contribution is 2.12. The van der Waals surface area contributed by atoms with Crippen molar-refractivity contribution < 1.29 is 4.79 Å². The zero-order valence-corrected chi connectivity index (χ0v) is 9.47. The number of aromatic nitrogens is 2. The molecule has 0 saturated heterocycles. The van der Waals surface area contributed by atoms with Crippen molar-refractivity contribution >= 4 is 5.91 Å². The summed E-state index contributed by atoms with van der Waals surface area (Å²) >= 11 is 0. The Morgan fingerprint density at radius 3 is 2.87 bits per heavy atom. The number of nitrogens with zero attached hydrogens (tertiary/aromatic N) is 3. The summed E-state index contributed by atoms with van der Waals surface area (Å²) in [5, 5.41) is 0. The van der Waals surface area contributed by atoms with Gasteiger partial charge in [-0.15, -0.1) is 0 Å².